The van der Waals surface area contributed by atoms with Gasteiger partial charge in [0.15, 0.2) is 11.5 Å². The lowest BCUT2D eigenvalue weighted by atomic mass is 10.2. The Morgan fingerprint density at radius 1 is 1.40 bits per heavy atom. The molecular weight excluding hydrogens is 300 g/mol. The van der Waals surface area contributed by atoms with E-state index in [1.807, 2.05) is 0 Å². The van der Waals surface area contributed by atoms with Crippen LogP contribution in [-0.4, -0.2) is 35.3 Å². The first-order chi connectivity index (χ1) is 9.58. The first-order valence-corrected chi connectivity index (χ1v) is 6.46. The van der Waals surface area contributed by atoms with Crippen LogP contribution in [0.15, 0.2) is 17.2 Å². The van der Waals surface area contributed by atoms with Crippen LogP contribution in [0.1, 0.15) is 11.4 Å². The van der Waals surface area contributed by atoms with Gasteiger partial charge in [0.2, 0.25) is 4.77 Å². The largest absolute Gasteiger partial charge is 0.493 e. The van der Waals surface area contributed by atoms with Crippen molar-refractivity contribution in [2.45, 2.75) is 6.92 Å². The summed E-state index contributed by atoms with van der Waals surface area (Å²) in [6.07, 6.45) is 1.59. The topological polar surface area (TPSA) is 64.4 Å². The van der Waals surface area contributed by atoms with E-state index in [9.17, 15) is 0 Å². The number of nitrogens with zero attached hydrogens (tertiary/aromatic N) is 3. The van der Waals surface area contributed by atoms with Crippen molar-refractivity contribution >= 4 is 30.0 Å². The SMILES string of the molecule is COc1ccc(/C=N\n2c(C)n[nH]c2=S)c(Cl)c1OC. The molecular formula is C12H13ClN4O2S. The van der Waals surface area contributed by atoms with E-state index < -0.39 is 0 Å². The highest BCUT2D eigenvalue weighted by Gasteiger charge is 2.12. The second-order valence-electron chi connectivity index (χ2n) is 3.84. The van der Waals surface area contributed by atoms with E-state index in [0.717, 1.165) is 0 Å². The van der Waals surface area contributed by atoms with Gasteiger partial charge in [0.25, 0.3) is 0 Å². The summed E-state index contributed by atoms with van der Waals surface area (Å²) >= 11 is 11.3. The number of rotatable bonds is 4. The molecule has 0 saturated heterocycles. The van der Waals surface area contributed by atoms with Crippen LogP contribution in [0.25, 0.3) is 0 Å². The summed E-state index contributed by atoms with van der Waals surface area (Å²) in [5.74, 6) is 1.68. The van der Waals surface area contributed by atoms with E-state index in [4.69, 9.17) is 33.3 Å². The maximum absolute atomic E-state index is 6.26. The molecule has 1 aromatic heterocycles. The predicted octanol–water partition coefficient (Wildman–Crippen LogP) is 2.80. The van der Waals surface area contributed by atoms with Gasteiger partial charge in [-0.25, -0.2) is 0 Å². The highest BCUT2D eigenvalue weighted by atomic mass is 35.5. The zero-order valence-corrected chi connectivity index (χ0v) is 12.7. The molecule has 0 saturated carbocycles. The van der Waals surface area contributed by atoms with Gasteiger partial charge in [-0.3, -0.25) is 5.10 Å². The van der Waals surface area contributed by atoms with Gasteiger partial charge in [-0.1, -0.05) is 11.6 Å². The van der Waals surface area contributed by atoms with Gasteiger partial charge in [-0.2, -0.15) is 14.9 Å². The van der Waals surface area contributed by atoms with Crippen molar-refractivity contribution in [3.63, 3.8) is 0 Å². The number of benzene rings is 1. The Kier molecular flexibility index (Phi) is 4.41. The van der Waals surface area contributed by atoms with Crippen LogP contribution in [-0.2, 0) is 0 Å². The second kappa shape index (κ2) is 6.06. The van der Waals surface area contributed by atoms with Gasteiger partial charge in [0.1, 0.15) is 5.82 Å². The predicted molar refractivity (Wildman–Crippen MR) is 79.7 cm³/mol. The molecule has 0 fully saturated rings. The minimum absolute atomic E-state index is 0.412. The maximum atomic E-state index is 6.26. The molecule has 0 aliphatic heterocycles. The third-order valence-corrected chi connectivity index (χ3v) is 3.29. The molecule has 8 heteroatoms. The fourth-order valence-corrected chi connectivity index (χ4v) is 2.14. The quantitative estimate of drug-likeness (QED) is 0.696. The molecule has 1 N–H and O–H groups in total. The number of hydrogen-bond acceptors (Lipinski definition) is 5. The van der Waals surface area contributed by atoms with Crippen molar-refractivity contribution in [1.29, 1.82) is 0 Å². The smallest absolute Gasteiger partial charge is 0.216 e. The number of halogens is 1. The second-order valence-corrected chi connectivity index (χ2v) is 4.60. The molecule has 2 rings (SSSR count). The third-order valence-electron chi connectivity index (χ3n) is 2.64. The summed E-state index contributed by atoms with van der Waals surface area (Å²) in [6, 6.07) is 3.54. The molecule has 0 aliphatic carbocycles. The Labute approximate surface area is 126 Å². The Balaban J connectivity index is 2.42. The Morgan fingerprint density at radius 3 is 2.70 bits per heavy atom. The summed E-state index contributed by atoms with van der Waals surface area (Å²) in [7, 11) is 3.08. The number of aromatic amines is 1. The summed E-state index contributed by atoms with van der Waals surface area (Å²) in [4.78, 5) is 0. The van der Waals surface area contributed by atoms with Crippen molar-refractivity contribution in [3.8, 4) is 11.5 Å². The lowest BCUT2D eigenvalue weighted by Crippen LogP contribution is -1.97. The minimum Gasteiger partial charge on any atom is -0.493 e. The Morgan fingerprint density at radius 2 is 2.15 bits per heavy atom. The Bertz CT molecular complexity index is 708. The number of aryl methyl sites for hydroxylation is 1. The van der Waals surface area contributed by atoms with Gasteiger partial charge in [0, 0.05) is 5.56 Å². The number of methoxy groups -OCH3 is 2. The molecule has 0 atom stereocenters. The van der Waals surface area contributed by atoms with E-state index >= 15 is 0 Å². The monoisotopic (exact) mass is 312 g/mol. The third kappa shape index (κ3) is 2.68. The number of hydrogen-bond donors (Lipinski definition) is 1. The maximum Gasteiger partial charge on any atom is 0.216 e. The normalized spacial score (nSPS) is 11.0. The molecule has 1 heterocycles. The van der Waals surface area contributed by atoms with Gasteiger partial charge in [-0.05, 0) is 31.3 Å². The van der Waals surface area contributed by atoms with Crippen LogP contribution in [0.3, 0.4) is 0 Å². The summed E-state index contributed by atoms with van der Waals surface area (Å²) < 4.78 is 12.3. The fraction of sp³-hybridized carbons (Fsp3) is 0.250. The molecule has 0 spiro atoms. The van der Waals surface area contributed by atoms with Crippen molar-refractivity contribution < 1.29 is 9.47 Å². The van der Waals surface area contributed by atoms with Crippen LogP contribution in [0.5, 0.6) is 11.5 Å². The average molecular weight is 313 g/mol. The van der Waals surface area contributed by atoms with Gasteiger partial charge < -0.3 is 9.47 Å². The van der Waals surface area contributed by atoms with E-state index in [-0.39, 0.29) is 0 Å². The van der Waals surface area contributed by atoms with Crippen LogP contribution < -0.4 is 9.47 Å². The highest BCUT2D eigenvalue weighted by Crippen LogP contribution is 2.36. The van der Waals surface area contributed by atoms with Crippen molar-refractivity contribution in [1.82, 2.24) is 14.9 Å². The molecule has 0 amide bonds. The molecule has 0 unspecified atom stereocenters. The minimum atomic E-state index is 0.412. The molecule has 0 aliphatic rings. The van der Waals surface area contributed by atoms with Gasteiger partial charge in [0.05, 0.1) is 25.5 Å². The molecule has 20 heavy (non-hydrogen) atoms. The van der Waals surface area contributed by atoms with E-state index in [2.05, 4.69) is 15.3 Å². The van der Waals surface area contributed by atoms with E-state index in [0.29, 0.717) is 32.7 Å². The van der Waals surface area contributed by atoms with E-state index in [1.54, 1.807) is 32.4 Å². The number of aromatic nitrogens is 3. The van der Waals surface area contributed by atoms with Gasteiger partial charge in [-0.15, -0.1) is 0 Å². The molecule has 6 nitrogen and oxygen atoms in total. The highest BCUT2D eigenvalue weighted by molar-refractivity contribution is 7.71. The lowest BCUT2D eigenvalue weighted by molar-refractivity contribution is 0.355. The van der Waals surface area contributed by atoms with Crippen LogP contribution in [0.4, 0.5) is 0 Å². The Hall–Kier alpha value is -1.86. The van der Waals surface area contributed by atoms with Crippen molar-refractivity contribution in [3.05, 3.63) is 33.3 Å². The first kappa shape index (κ1) is 14.5. The van der Waals surface area contributed by atoms with E-state index in [1.165, 1.54) is 11.8 Å². The number of ether oxygens (including phenoxy) is 2. The first-order valence-electron chi connectivity index (χ1n) is 5.67. The number of H-pyrrole nitrogens is 1. The summed E-state index contributed by atoms with van der Waals surface area (Å²) in [5.41, 5.74) is 0.687. The average Bonchev–Trinajstić information content (AvgIpc) is 2.76. The molecule has 2 aromatic rings. The summed E-state index contributed by atoms with van der Waals surface area (Å²) in [6.45, 7) is 1.79. The number of nitrogens with one attached hydrogen (secondary N) is 1. The van der Waals surface area contributed by atoms with Crippen LogP contribution in [0.2, 0.25) is 5.02 Å². The van der Waals surface area contributed by atoms with Crippen molar-refractivity contribution in [2.24, 2.45) is 5.10 Å². The van der Waals surface area contributed by atoms with Gasteiger partial charge >= 0.3 is 0 Å². The zero-order chi connectivity index (χ0) is 14.7. The molecule has 106 valence electrons. The van der Waals surface area contributed by atoms with Crippen molar-refractivity contribution in [2.75, 3.05) is 14.2 Å². The summed E-state index contributed by atoms with van der Waals surface area (Å²) in [5, 5.41) is 11.3. The van der Waals surface area contributed by atoms with Crippen LogP contribution in [0, 0.1) is 11.7 Å². The van der Waals surface area contributed by atoms with Crippen LogP contribution >= 0.6 is 23.8 Å². The molecule has 0 radical (unpaired) electrons. The molecule has 0 bridgehead atoms. The molecule has 1 aromatic carbocycles. The standard InChI is InChI=1S/C12H13ClN4O2S/c1-7-15-16-12(20)17(7)14-6-8-4-5-9(18-2)11(19-3)10(8)13/h4-6H,1-3H3,(H,16,20)/b14-6-. The lowest BCUT2D eigenvalue weighted by Gasteiger charge is -2.10. The fourth-order valence-electron chi connectivity index (χ4n) is 1.63. The zero-order valence-electron chi connectivity index (χ0n) is 11.2.